The first kappa shape index (κ1) is 27.4. The molecule has 0 radical (unpaired) electrons. The van der Waals surface area contributed by atoms with Gasteiger partial charge in [-0.3, -0.25) is 14.5 Å². The van der Waals surface area contributed by atoms with Crippen molar-refractivity contribution >= 4 is 51.5 Å². The maximum absolute atomic E-state index is 12.4. The number of likely N-dealkylation sites (tertiary alicyclic amines) is 1. The molecular weight excluding hydrogens is 531 g/mol. The predicted octanol–water partition coefficient (Wildman–Crippen LogP) is 6.02. The molecule has 2 amide bonds. The lowest BCUT2D eigenvalue weighted by molar-refractivity contribution is -0.122. The number of aromatic nitrogens is 1. The van der Waals surface area contributed by atoms with E-state index in [1.54, 1.807) is 0 Å². The normalized spacial score (nSPS) is 14.4. The molecule has 1 aromatic heterocycles. The lowest BCUT2D eigenvalue weighted by atomic mass is 10.0. The Kier molecular flexibility index (Phi) is 9.80. The van der Waals surface area contributed by atoms with Crippen LogP contribution in [-0.4, -0.2) is 47.4 Å². The summed E-state index contributed by atoms with van der Waals surface area (Å²) in [6.07, 6.45) is 2.95. The number of thiazole rings is 1. The highest BCUT2D eigenvalue weighted by molar-refractivity contribution is 7.14. The number of amides is 2. The molecule has 196 valence electrons. The van der Waals surface area contributed by atoms with Gasteiger partial charge in [0.15, 0.2) is 5.13 Å². The summed E-state index contributed by atoms with van der Waals surface area (Å²) in [6, 6.07) is 13.6. The van der Waals surface area contributed by atoms with Crippen molar-refractivity contribution in [2.24, 2.45) is 0 Å². The van der Waals surface area contributed by atoms with Crippen molar-refractivity contribution in [1.29, 1.82) is 0 Å². The van der Waals surface area contributed by atoms with Crippen LogP contribution in [0.5, 0.6) is 5.75 Å². The van der Waals surface area contributed by atoms with Gasteiger partial charge in [-0.05, 0) is 61.2 Å². The van der Waals surface area contributed by atoms with E-state index in [1.807, 2.05) is 47.8 Å². The van der Waals surface area contributed by atoms with Crippen LogP contribution in [0.3, 0.4) is 0 Å². The van der Waals surface area contributed by atoms with Gasteiger partial charge >= 0.3 is 0 Å². The maximum atomic E-state index is 12.4. The first-order valence-electron chi connectivity index (χ1n) is 12.3. The first-order valence-corrected chi connectivity index (χ1v) is 13.9. The lowest BCUT2D eigenvalue weighted by Gasteiger charge is -2.32. The van der Waals surface area contributed by atoms with Crippen molar-refractivity contribution in [3.8, 4) is 17.0 Å². The summed E-state index contributed by atoms with van der Waals surface area (Å²) >= 11 is 13.5. The Morgan fingerprint density at radius 3 is 2.57 bits per heavy atom. The fourth-order valence-corrected chi connectivity index (χ4v) is 5.28. The van der Waals surface area contributed by atoms with E-state index in [0.717, 1.165) is 55.0 Å². The largest absolute Gasteiger partial charge is 0.494 e. The van der Waals surface area contributed by atoms with Crippen LogP contribution in [0.2, 0.25) is 10.0 Å². The molecule has 0 spiro atoms. The second kappa shape index (κ2) is 13.2. The van der Waals surface area contributed by atoms with Crippen LogP contribution in [0.4, 0.5) is 5.13 Å². The number of hydrogen-bond donors (Lipinski definition) is 2. The fraction of sp³-hybridized carbons (Fsp3) is 0.370. The monoisotopic (exact) mass is 560 g/mol. The van der Waals surface area contributed by atoms with Gasteiger partial charge in [0.2, 0.25) is 11.8 Å². The molecule has 0 unspecified atom stereocenters. The number of carbonyl (C=O) groups is 2. The summed E-state index contributed by atoms with van der Waals surface area (Å²) < 4.78 is 5.80. The van der Waals surface area contributed by atoms with Crippen LogP contribution < -0.4 is 15.4 Å². The number of hydrogen-bond acceptors (Lipinski definition) is 6. The highest BCUT2D eigenvalue weighted by Crippen LogP contribution is 2.27. The second-order valence-corrected chi connectivity index (χ2v) is 10.7. The molecule has 0 aliphatic carbocycles. The molecule has 1 aliphatic heterocycles. The van der Waals surface area contributed by atoms with E-state index in [0.29, 0.717) is 34.6 Å². The molecule has 2 aromatic carbocycles. The van der Waals surface area contributed by atoms with Crippen LogP contribution >= 0.6 is 34.5 Å². The number of benzene rings is 2. The molecule has 0 bridgehead atoms. The molecule has 0 atom stereocenters. The van der Waals surface area contributed by atoms with Gasteiger partial charge < -0.3 is 15.4 Å². The molecule has 3 aromatic rings. The van der Waals surface area contributed by atoms with Crippen molar-refractivity contribution < 1.29 is 14.3 Å². The number of nitrogens with zero attached hydrogens (tertiary/aromatic N) is 2. The van der Waals surface area contributed by atoms with Crippen molar-refractivity contribution in [3.63, 3.8) is 0 Å². The number of halogens is 2. The third-order valence-corrected chi connectivity index (χ3v) is 7.59. The average molecular weight is 562 g/mol. The Hall–Kier alpha value is -2.65. The average Bonchev–Trinajstić information content (AvgIpc) is 3.33. The third kappa shape index (κ3) is 8.43. The van der Waals surface area contributed by atoms with Gasteiger partial charge in [-0.15, -0.1) is 11.3 Å². The highest BCUT2D eigenvalue weighted by atomic mass is 35.5. The Balaban J connectivity index is 1.11. The van der Waals surface area contributed by atoms with E-state index in [4.69, 9.17) is 27.9 Å². The van der Waals surface area contributed by atoms with Crippen molar-refractivity contribution in [3.05, 3.63) is 63.5 Å². The van der Waals surface area contributed by atoms with E-state index in [1.165, 1.54) is 18.3 Å². The molecule has 4 rings (SSSR count). The maximum Gasteiger partial charge on any atom is 0.223 e. The SMILES string of the molecule is CC(=O)Nc1nc(-c2ccc(OCCCC(=O)NC3CCN(Cc4ccc(Cl)c(Cl)c4)CC3)cc2)cs1. The summed E-state index contributed by atoms with van der Waals surface area (Å²) in [4.78, 5) is 30.3. The third-order valence-electron chi connectivity index (χ3n) is 6.10. The molecule has 1 aliphatic rings. The van der Waals surface area contributed by atoms with Crippen LogP contribution in [-0.2, 0) is 16.1 Å². The van der Waals surface area contributed by atoms with E-state index < -0.39 is 0 Å². The zero-order valence-electron chi connectivity index (χ0n) is 20.6. The number of ether oxygens (including phenoxy) is 1. The smallest absolute Gasteiger partial charge is 0.223 e. The van der Waals surface area contributed by atoms with Gasteiger partial charge in [-0.25, -0.2) is 4.98 Å². The minimum absolute atomic E-state index is 0.0698. The van der Waals surface area contributed by atoms with E-state index in [2.05, 4.69) is 20.5 Å². The van der Waals surface area contributed by atoms with E-state index in [9.17, 15) is 9.59 Å². The van der Waals surface area contributed by atoms with Gasteiger partial charge in [0.05, 0.1) is 22.3 Å². The lowest BCUT2D eigenvalue weighted by Crippen LogP contribution is -2.44. The number of piperidine rings is 1. The second-order valence-electron chi connectivity index (χ2n) is 9.06. The van der Waals surface area contributed by atoms with Gasteiger partial charge in [0.25, 0.3) is 0 Å². The van der Waals surface area contributed by atoms with Crippen LogP contribution in [0.15, 0.2) is 47.8 Å². The van der Waals surface area contributed by atoms with Crippen LogP contribution in [0, 0.1) is 0 Å². The van der Waals surface area contributed by atoms with Gasteiger partial charge in [0.1, 0.15) is 5.75 Å². The van der Waals surface area contributed by atoms with E-state index >= 15 is 0 Å². The van der Waals surface area contributed by atoms with Crippen molar-refractivity contribution in [2.45, 2.75) is 45.2 Å². The summed E-state index contributed by atoms with van der Waals surface area (Å²) in [6.45, 7) is 4.62. The molecular formula is C27H30Cl2N4O3S. The Bertz CT molecular complexity index is 1210. The molecule has 0 saturated carbocycles. The topological polar surface area (TPSA) is 83.6 Å². The molecule has 37 heavy (non-hydrogen) atoms. The summed E-state index contributed by atoms with van der Waals surface area (Å²) in [7, 11) is 0. The number of anilines is 1. The van der Waals surface area contributed by atoms with E-state index in [-0.39, 0.29) is 17.9 Å². The fourth-order valence-electron chi connectivity index (χ4n) is 4.19. The summed E-state index contributed by atoms with van der Waals surface area (Å²) in [5.41, 5.74) is 2.89. The number of nitrogens with one attached hydrogen (secondary N) is 2. The van der Waals surface area contributed by atoms with Crippen molar-refractivity contribution in [2.75, 3.05) is 25.0 Å². The Labute approximate surface area is 231 Å². The van der Waals surface area contributed by atoms with Gasteiger partial charge in [0, 0.05) is 50.0 Å². The minimum atomic E-state index is -0.139. The molecule has 1 fully saturated rings. The number of rotatable bonds is 10. The summed E-state index contributed by atoms with van der Waals surface area (Å²) in [5, 5.41) is 9.49. The van der Waals surface area contributed by atoms with Crippen LogP contribution in [0.25, 0.3) is 11.3 Å². The Morgan fingerprint density at radius 2 is 1.86 bits per heavy atom. The molecule has 10 heteroatoms. The standard InChI is InChI=1S/C27H30Cl2N4O3S/c1-18(34)30-27-32-25(17-37-27)20-5-7-22(8-6-20)36-14-2-3-26(35)31-21-10-12-33(13-11-21)16-19-4-9-23(28)24(29)15-19/h4-9,15,17,21H,2-3,10-14,16H2,1H3,(H,31,35)(H,30,32,34). The van der Waals surface area contributed by atoms with Gasteiger partial charge in [-0.1, -0.05) is 29.3 Å². The molecule has 2 N–H and O–H groups in total. The zero-order chi connectivity index (χ0) is 26.2. The predicted molar refractivity (Wildman–Crippen MR) is 149 cm³/mol. The molecule has 7 nitrogen and oxygen atoms in total. The van der Waals surface area contributed by atoms with Gasteiger partial charge in [-0.2, -0.15) is 0 Å². The molecule has 1 saturated heterocycles. The zero-order valence-corrected chi connectivity index (χ0v) is 23.0. The minimum Gasteiger partial charge on any atom is -0.494 e. The quantitative estimate of drug-likeness (QED) is 0.296. The molecule has 2 heterocycles. The van der Waals surface area contributed by atoms with Crippen molar-refractivity contribution in [1.82, 2.24) is 15.2 Å². The van der Waals surface area contributed by atoms with Crippen LogP contribution in [0.1, 0.15) is 38.2 Å². The number of carbonyl (C=O) groups excluding carboxylic acids is 2. The highest BCUT2D eigenvalue weighted by Gasteiger charge is 2.20. The Morgan fingerprint density at radius 1 is 1.11 bits per heavy atom. The first-order chi connectivity index (χ1) is 17.9. The summed E-state index contributed by atoms with van der Waals surface area (Å²) in [5.74, 6) is 0.677.